The van der Waals surface area contributed by atoms with Crippen molar-refractivity contribution in [2.45, 2.75) is 0 Å². The van der Waals surface area contributed by atoms with Crippen molar-refractivity contribution in [2.24, 2.45) is 0 Å². The zero-order chi connectivity index (χ0) is 15.0. The van der Waals surface area contributed by atoms with Crippen LogP contribution in [-0.4, -0.2) is 20.8 Å². The number of pyridine rings is 1. The lowest BCUT2D eigenvalue weighted by molar-refractivity contribution is 1.28. The van der Waals surface area contributed by atoms with E-state index in [1.165, 1.54) is 0 Å². The molecule has 0 saturated carbocycles. The molecule has 0 aliphatic heterocycles. The molecule has 0 atom stereocenters. The first-order chi connectivity index (χ1) is 10.1. The molecule has 0 amide bonds. The summed E-state index contributed by atoms with van der Waals surface area (Å²) in [6.07, 6.45) is 0. The van der Waals surface area contributed by atoms with Gasteiger partial charge in [0.2, 0.25) is 0 Å². The molecule has 21 heavy (non-hydrogen) atoms. The van der Waals surface area contributed by atoms with Gasteiger partial charge < -0.3 is 10.6 Å². The molecule has 2 aromatic heterocycles. The number of rotatable bonds is 3. The van der Waals surface area contributed by atoms with Crippen LogP contribution in [0.2, 0.25) is 15.1 Å². The van der Waals surface area contributed by atoms with Crippen molar-refractivity contribution in [1.82, 2.24) is 13.7 Å². The highest BCUT2D eigenvalue weighted by molar-refractivity contribution is 7.00. The topological polar surface area (TPSA) is 62.7 Å². The van der Waals surface area contributed by atoms with E-state index in [4.69, 9.17) is 34.8 Å². The molecule has 0 aliphatic rings. The summed E-state index contributed by atoms with van der Waals surface area (Å²) < 4.78 is 8.41. The second-order valence-electron chi connectivity index (χ2n) is 4.08. The largest absolute Gasteiger partial charge is 0.372 e. The van der Waals surface area contributed by atoms with Crippen LogP contribution in [0.5, 0.6) is 0 Å². The van der Waals surface area contributed by atoms with Crippen molar-refractivity contribution >= 4 is 74.9 Å². The van der Waals surface area contributed by atoms with Crippen LogP contribution in [0.1, 0.15) is 0 Å². The van der Waals surface area contributed by atoms with Gasteiger partial charge in [-0.3, -0.25) is 0 Å². The van der Waals surface area contributed by atoms with Crippen molar-refractivity contribution in [2.75, 3.05) is 17.7 Å². The van der Waals surface area contributed by atoms with E-state index in [0.717, 1.165) is 17.2 Å². The van der Waals surface area contributed by atoms with Crippen LogP contribution in [0.3, 0.4) is 0 Å². The third kappa shape index (κ3) is 2.72. The molecule has 0 fully saturated rings. The van der Waals surface area contributed by atoms with E-state index in [9.17, 15) is 0 Å². The first-order valence-electron chi connectivity index (χ1n) is 5.81. The van der Waals surface area contributed by atoms with Gasteiger partial charge in [0.1, 0.15) is 16.9 Å². The number of nitrogens with one attached hydrogen (secondary N) is 2. The molecule has 5 nitrogen and oxygen atoms in total. The molecule has 3 rings (SSSR count). The zero-order valence-electron chi connectivity index (χ0n) is 10.6. The molecule has 0 spiro atoms. The third-order valence-corrected chi connectivity index (χ3v) is 4.22. The number of aromatic nitrogens is 3. The Bertz CT molecular complexity index is 820. The van der Waals surface area contributed by atoms with E-state index in [-0.39, 0.29) is 0 Å². The highest BCUT2D eigenvalue weighted by Gasteiger charge is 2.14. The monoisotopic (exact) mass is 359 g/mol. The second kappa shape index (κ2) is 5.81. The summed E-state index contributed by atoms with van der Waals surface area (Å²) in [7, 11) is 1.73. The third-order valence-electron chi connectivity index (χ3n) is 2.79. The molecule has 1 aromatic carbocycles. The Labute approximate surface area is 139 Å². The molecular formula is C12H8Cl3N5S. The first-order valence-corrected chi connectivity index (χ1v) is 7.68. The molecule has 2 heterocycles. The summed E-state index contributed by atoms with van der Waals surface area (Å²) in [6, 6.07) is 5.16. The average Bonchev–Trinajstić information content (AvgIpc) is 2.93. The van der Waals surface area contributed by atoms with Crippen molar-refractivity contribution in [3.8, 4) is 0 Å². The SMILES string of the molecule is CNc1nc(Nc2c(Cl)ccc3nsnc23)c(Cl)cc1Cl. The van der Waals surface area contributed by atoms with Gasteiger partial charge >= 0.3 is 0 Å². The Morgan fingerprint density at radius 1 is 1.00 bits per heavy atom. The van der Waals surface area contributed by atoms with E-state index < -0.39 is 0 Å². The molecule has 108 valence electrons. The van der Waals surface area contributed by atoms with Crippen molar-refractivity contribution in [1.29, 1.82) is 0 Å². The number of anilines is 3. The second-order valence-corrected chi connectivity index (χ2v) is 5.83. The Hall–Kier alpha value is -1.34. The average molecular weight is 361 g/mol. The minimum absolute atomic E-state index is 0.384. The summed E-state index contributed by atoms with van der Waals surface area (Å²) >= 11 is 19.5. The number of hydrogen-bond donors (Lipinski definition) is 2. The maximum atomic E-state index is 6.23. The minimum Gasteiger partial charge on any atom is -0.372 e. The number of halogens is 3. The van der Waals surface area contributed by atoms with Crippen LogP contribution in [0, 0.1) is 0 Å². The van der Waals surface area contributed by atoms with Crippen LogP contribution < -0.4 is 10.6 Å². The fraction of sp³-hybridized carbons (Fsp3) is 0.0833. The van der Waals surface area contributed by atoms with Gasteiger partial charge in [-0.05, 0) is 18.2 Å². The summed E-state index contributed by atoms with van der Waals surface area (Å²) in [5.41, 5.74) is 2.04. The summed E-state index contributed by atoms with van der Waals surface area (Å²) in [5.74, 6) is 0.955. The fourth-order valence-electron chi connectivity index (χ4n) is 1.79. The van der Waals surface area contributed by atoms with Gasteiger partial charge in [-0.25, -0.2) is 4.98 Å². The van der Waals surface area contributed by atoms with Crippen molar-refractivity contribution < 1.29 is 0 Å². The Kier molecular flexibility index (Phi) is 4.03. The number of fused-ring (bicyclic) bond motifs is 1. The predicted molar refractivity (Wildman–Crippen MR) is 89.5 cm³/mol. The number of nitrogens with zero attached hydrogens (tertiary/aromatic N) is 3. The van der Waals surface area contributed by atoms with Gasteiger partial charge in [-0.2, -0.15) is 8.75 Å². The van der Waals surface area contributed by atoms with Gasteiger partial charge in [0, 0.05) is 7.05 Å². The van der Waals surface area contributed by atoms with Gasteiger partial charge in [-0.15, -0.1) is 0 Å². The molecule has 0 unspecified atom stereocenters. The van der Waals surface area contributed by atoms with E-state index in [1.54, 1.807) is 19.2 Å². The molecule has 0 bridgehead atoms. The molecule has 9 heteroatoms. The summed E-state index contributed by atoms with van der Waals surface area (Å²) in [6.45, 7) is 0. The lowest BCUT2D eigenvalue weighted by Gasteiger charge is -2.12. The van der Waals surface area contributed by atoms with Crippen molar-refractivity contribution in [3.05, 3.63) is 33.3 Å². The quantitative estimate of drug-likeness (QED) is 0.700. The first kappa shape index (κ1) is 14.6. The van der Waals surface area contributed by atoms with Crippen LogP contribution in [0.15, 0.2) is 18.2 Å². The minimum atomic E-state index is 0.384. The van der Waals surface area contributed by atoms with E-state index in [0.29, 0.717) is 37.9 Å². The highest BCUT2D eigenvalue weighted by atomic mass is 35.5. The highest BCUT2D eigenvalue weighted by Crippen LogP contribution is 2.36. The maximum absolute atomic E-state index is 6.23. The molecule has 0 aliphatic carbocycles. The maximum Gasteiger partial charge on any atom is 0.151 e. The zero-order valence-corrected chi connectivity index (χ0v) is 13.7. The smallest absolute Gasteiger partial charge is 0.151 e. The van der Waals surface area contributed by atoms with Gasteiger partial charge in [-0.1, -0.05) is 34.8 Å². The summed E-state index contributed by atoms with van der Waals surface area (Å²) in [5, 5.41) is 7.33. The molecule has 3 aromatic rings. The van der Waals surface area contributed by atoms with Gasteiger partial charge in [0.25, 0.3) is 0 Å². The normalized spacial score (nSPS) is 10.9. The Balaban J connectivity index is 2.10. The van der Waals surface area contributed by atoms with Crippen LogP contribution in [-0.2, 0) is 0 Å². The van der Waals surface area contributed by atoms with E-state index >= 15 is 0 Å². The lowest BCUT2D eigenvalue weighted by Crippen LogP contribution is -2.00. The Morgan fingerprint density at radius 2 is 1.76 bits per heavy atom. The van der Waals surface area contributed by atoms with Gasteiger partial charge in [0.15, 0.2) is 5.82 Å². The molecule has 0 saturated heterocycles. The van der Waals surface area contributed by atoms with Crippen LogP contribution >= 0.6 is 46.5 Å². The van der Waals surface area contributed by atoms with Crippen LogP contribution in [0.25, 0.3) is 11.0 Å². The fourth-order valence-corrected chi connectivity index (χ4v) is 3.04. The molecule has 0 radical (unpaired) electrons. The standard InChI is InChI=1S/C12H8Cl3N5S/c1-16-11-6(14)4-7(15)12(18-11)17-9-5(13)2-3-8-10(9)20-21-19-8/h2-4H,1H3,(H2,16,17,18). The molecule has 2 N–H and O–H groups in total. The van der Waals surface area contributed by atoms with E-state index in [1.807, 2.05) is 6.07 Å². The molecular weight excluding hydrogens is 353 g/mol. The predicted octanol–water partition coefficient (Wildman–Crippen LogP) is 4.83. The lowest BCUT2D eigenvalue weighted by atomic mass is 10.2. The Morgan fingerprint density at radius 3 is 2.52 bits per heavy atom. The van der Waals surface area contributed by atoms with Crippen LogP contribution in [0.4, 0.5) is 17.3 Å². The van der Waals surface area contributed by atoms with Gasteiger partial charge in [0.05, 0.1) is 32.5 Å². The number of hydrogen-bond acceptors (Lipinski definition) is 6. The van der Waals surface area contributed by atoms with E-state index in [2.05, 4.69) is 24.4 Å². The van der Waals surface area contributed by atoms with Crippen molar-refractivity contribution in [3.63, 3.8) is 0 Å². The number of benzene rings is 1. The summed E-state index contributed by atoms with van der Waals surface area (Å²) in [4.78, 5) is 4.33.